The van der Waals surface area contributed by atoms with Crippen LogP contribution in [-0.4, -0.2) is 26.6 Å². The van der Waals surface area contributed by atoms with E-state index in [1.165, 1.54) is 0 Å². The van der Waals surface area contributed by atoms with Crippen LogP contribution in [-0.2, 0) is 0 Å². The number of pyridine rings is 1. The molecule has 0 aliphatic carbocycles. The molecule has 0 radical (unpaired) electrons. The number of fused-ring (bicyclic) bond motifs is 1. The van der Waals surface area contributed by atoms with Gasteiger partial charge in [-0.15, -0.1) is 5.10 Å². The molecule has 0 unspecified atom stereocenters. The highest BCUT2D eigenvalue weighted by atomic mass is 15.3. The minimum absolute atomic E-state index is 0.130. The molecule has 0 fully saturated rings. The number of anilines is 2. The van der Waals surface area contributed by atoms with Crippen LogP contribution in [0.1, 0.15) is 5.69 Å². The number of nitrogens with zero attached hydrogens (tertiary/aromatic N) is 6. The Labute approximate surface area is 120 Å². The second-order valence-electron chi connectivity index (χ2n) is 4.48. The summed E-state index contributed by atoms with van der Waals surface area (Å²) in [5.74, 6) is 0.448. The normalized spacial score (nSPS) is 11.5. The van der Waals surface area contributed by atoms with E-state index < -0.39 is 0 Å². The summed E-state index contributed by atoms with van der Waals surface area (Å²) < 4.78 is 1.60. The number of hydrogen-bond donors (Lipinski definition) is 2. The van der Waals surface area contributed by atoms with Crippen LogP contribution in [0.15, 0.2) is 34.6 Å². The van der Waals surface area contributed by atoms with Crippen molar-refractivity contribution < 1.29 is 0 Å². The molecule has 3 aromatic heterocycles. The van der Waals surface area contributed by atoms with Gasteiger partial charge >= 0.3 is 0 Å². The Balaban J connectivity index is 2.19. The number of rotatable bonds is 2. The van der Waals surface area contributed by atoms with E-state index in [9.17, 15) is 0 Å². The van der Waals surface area contributed by atoms with Crippen molar-refractivity contribution in [2.45, 2.75) is 6.92 Å². The SMILES string of the molecule is CN=Nc1ccc(-c2ccn3nc(N)nc(N)c23)nc1C. The average Bonchev–Trinajstić information content (AvgIpc) is 2.85. The Kier molecular flexibility index (Phi) is 2.98. The molecule has 0 aliphatic rings. The highest BCUT2D eigenvalue weighted by Crippen LogP contribution is 2.29. The highest BCUT2D eigenvalue weighted by Gasteiger charge is 2.13. The van der Waals surface area contributed by atoms with Crippen LogP contribution in [0.2, 0.25) is 0 Å². The first-order valence-corrected chi connectivity index (χ1v) is 6.28. The van der Waals surface area contributed by atoms with Gasteiger partial charge in [0.05, 0.1) is 11.4 Å². The van der Waals surface area contributed by atoms with Gasteiger partial charge < -0.3 is 11.5 Å². The average molecular weight is 282 g/mol. The van der Waals surface area contributed by atoms with E-state index in [0.717, 1.165) is 22.6 Å². The maximum absolute atomic E-state index is 5.94. The lowest BCUT2D eigenvalue weighted by Crippen LogP contribution is -2.05. The van der Waals surface area contributed by atoms with Crippen molar-refractivity contribution in [1.82, 2.24) is 19.6 Å². The summed E-state index contributed by atoms with van der Waals surface area (Å²) in [5.41, 5.74) is 15.3. The summed E-state index contributed by atoms with van der Waals surface area (Å²) in [6.07, 6.45) is 1.77. The molecule has 0 atom stereocenters. The van der Waals surface area contributed by atoms with E-state index in [1.807, 2.05) is 25.1 Å². The van der Waals surface area contributed by atoms with Gasteiger partial charge in [-0.25, -0.2) is 4.52 Å². The molecule has 21 heavy (non-hydrogen) atoms. The van der Waals surface area contributed by atoms with E-state index in [4.69, 9.17) is 11.5 Å². The molecule has 0 aliphatic heterocycles. The maximum Gasteiger partial charge on any atom is 0.240 e. The Morgan fingerprint density at radius 2 is 1.95 bits per heavy atom. The van der Waals surface area contributed by atoms with Gasteiger partial charge in [0.25, 0.3) is 0 Å². The van der Waals surface area contributed by atoms with Gasteiger partial charge in [-0.3, -0.25) is 4.98 Å². The number of azo groups is 1. The van der Waals surface area contributed by atoms with Crippen molar-refractivity contribution in [3.8, 4) is 11.3 Å². The zero-order valence-electron chi connectivity index (χ0n) is 11.6. The van der Waals surface area contributed by atoms with E-state index >= 15 is 0 Å². The second kappa shape index (κ2) is 4.82. The summed E-state index contributed by atoms with van der Waals surface area (Å²) in [6.45, 7) is 1.88. The molecule has 3 heterocycles. The molecule has 8 nitrogen and oxygen atoms in total. The Morgan fingerprint density at radius 3 is 2.67 bits per heavy atom. The Bertz CT molecular complexity index is 849. The molecular formula is C13H14N8. The Hall–Kier alpha value is -3.03. The van der Waals surface area contributed by atoms with Crippen LogP contribution < -0.4 is 11.5 Å². The molecule has 0 aromatic carbocycles. The molecule has 0 spiro atoms. The maximum atomic E-state index is 5.94. The lowest BCUT2D eigenvalue weighted by molar-refractivity contribution is 0.922. The number of nitrogens with two attached hydrogens (primary N) is 2. The van der Waals surface area contributed by atoms with Crippen LogP contribution in [0.5, 0.6) is 0 Å². The zero-order valence-corrected chi connectivity index (χ0v) is 11.6. The van der Waals surface area contributed by atoms with Crippen molar-refractivity contribution in [3.05, 3.63) is 30.1 Å². The van der Waals surface area contributed by atoms with Gasteiger partial charge in [0, 0.05) is 18.8 Å². The van der Waals surface area contributed by atoms with Crippen molar-refractivity contribution >= 4 is 23.0 Å². The van der Waals surface area contributed by atoms with Crippen molar-refractivity contribution in [3.63, 3.8) is 0 Å². The monoisotopic (exact) mass is 282 g/mol. The number of nitrogen functional groups attached to an aromatic ring is 2. The van der Waals surface area contributed by atoms with E-state index in [0.29, 0.717) is 11.3 Å². The van der Waals surface area contributed by atoms with E-state index in [1.54, 1.807) is 17.8 Å². The third-order valence-electron chi connectivity index (χ3n) is 3.10. The topological polar surface area (TPSA) is 120 Å². The smallest absolute Gasteiger partial charge is 0.240 e. The lowest BCUT2D eigenvalue weighted by Gasteiger charge is -2.05. The first-order chi connectivity index (χ1) is 10.1. The van der Waals surface area contributed by atoms with Gasteiger partial charge in [0.2, 0.25) is 5.95 Å². The fraction of sp³-hybridized carbons (Fsp3) is 0.154. The van der Waals surface area contributed by atoms with Crippen LogP contribution in [0.4, 0.5) is 17.5 Å². The molecule has 0 saturated carbocycles. The van der Waals surface area contributed by atoms with Crippen LogP contribution in [0, 0.1) is 6.92 Å². The molecule has 106 valence electrons. The lowest BCUT2D eigenvalue weighted by atomic mass is 10.1. The van der Waals surface area contributed by atoms with Crippen molar-refractivity contribution in [2.75, 3.05) is 18.5 Å². The van der Waals surface area contributed by atoms with E-state index in [-0.39, 0.29) is 5.95 Å². The molecule has 3 rings (SSSR count). The van der Waals surface area contributed by atoms with Crippen molar-refractivity contribution in [1.29, 1.82) is 0 Å². The molecule has 0 amide bonds. The summed E-state index contributed by atoms with van der Waals surface area (Å²) in [6, 6.07) is 5.60. The number of aromatic nitrogens is 4. The molecule has 0 bridgehead atoms. The standard InChI is InChI=1S/C13H14N8/c1-7-9(19-16-2)3-4-10(17-7)8-5-6-21-11(8)12(14)18-13(15)20-21/h3-6H,1-2H3,(H4,14,15,18,20). The Morgan fingerprint density at radius 1 is 1.14 bits per heavy atom. The summed E-state index contributed by atoms with van der Waals surface area (Å²) >= 11 is 0. The third-order valence-corrected chi connectivity index (χ3v) is 3.10. The molecule has 0 saturated heterocycles. The van der Waals surface area contributed by atoms with Gasteiger partial charge in [-0.05, 0) is 25.1 Å². The summed E-state index contributed by atoms with van der Waals surface area (Å²) in [7, 11) is 1.62. The van der Waals surface area contributed by atoms with E-state index in [2.05, 4.69) is 25.3 Å². The molecule has 3 aromatic rings. The number of aryl methyl sites for hydroxylation is 1. The first-order valence-electron chi connectivity index (χ1n) is 6.28. The quantitative estimate of drug-likeness (QED) is 0.696. The van der Waals surface area contributed by atoms with Crippen LogP contribution >= 0.6 is 0 Å². The summed E-state index contributed by atoms with van der Waals surface area (Å²) in [5, 5.41) is 11.9. The highest BCUT2D eigenvalue weighted by molar-refractivity contribution is 5.86. The van der Waals surface area contributed by atoms with Crippen LogP contribution in [0.3, 0.4) is 0 Å². The van der Waals surface area contributed by atoms with Gasteiger partial charge in [0.15, 0.2) is 5.82 Å². The molecular weight excluding hydrogens is 268 g/mol. The minimum Gasteiger partial charge on any atom is -0.382 e. The number of hydrogen-bond acceptors (Lipinski definition) is 7. The van der Waals surface area contributed by atoms with Crippen molar-refractivity contribution in [2.24, 2.45) is 10.2 Å². The predicted molar refractivity (Wildman–Crippen MR) is 80.2 cm³/mol. The largest absolute Gasteiger partial charge is 0.382 e. The van der Waals surface area contributed by atoms with Gasteiger partial charge in [-0.1, -0.05) is 0 Å². The fourth-order valence-electron chi connectivity index (χ4n) is 2.19. The molecule has 4 N–H and O–H groups in total. The first kappa shape index (κ1) is 13.0. The predicted octanol–water partition coefficient (Wildman–Crippen LogP) is 1.98. The second-order valence-corrected chi connectivity index (χ2v) is 4.48. The third kappa shape index (κ3) is 2.16. The zero-order chi connectivity index (χ0) is 15.0. The van der Waals surface area contributed by atoms with Gasteiger partial charge in [-0.2, -0.15) is 15.2 Å². The molecule has 8 heteroatoms. The van der Waals surface area contributed by atoms with Gasteiger partial charge in [0.1, 0.15) is 11.2 Å². The fourth-order valence-corrected chi connectivity index (χ4v) is 2.19. The van der Waals surface area contributed by atoms with Crippen LogP contribution in [0.25, 0.3) is 16.8 Å². The summed E-state index contributed by atoms with van der Waals surface area (Å²) in [4.78, 5) is 8.53. The minimum atomic E-state index is 0.130.